The summed E-state index contributed by atoms with van der Waals surface area (Å²) in [5.74, 6) is 5.14. The van der Waals surface area contributed by atoms with Gasteiger partial charge in [-0.15, -0.1) is 0 Å². The first-order valence-electron chi connectivity index (χ1n) is 22.2. The van der Waals surface area contributed by atoms with E-state index in [4.69, 9.17) is 30.5 Å². The van der Waals surface area contributed by atoms with Gasteiger partial charge >= 0.3 is 0 Å². The topological polar surface area (TPSA) is 283 Å². The Bertz CT molecular complexity index is 3480. The minimum atomic E-state index is -3.76. The van der Waals surface area contributed by atoms with Crippen LogP contribution in [0.3, 0.4) is 0 Å². The van der Waals surface area contributed by atoms with Crippen molar-refractivity contribution in [3.63, 3.8) is 0 Å². The van der Waals surface area contributed by atoms with Gasteiger partial charge < -0.3 is 22.1 Å². The van der Waals surface area contributed by atoms with Gasteiger partial charge in [0.25, 0.3) is 50.6 Å². The Morgan fingerprint density at radius 1 is 0.377 bits per heavy atom. The molecular weight excluding hydrogens is 1100 g/mol. The fourth-order valence-electron chi connectivity index (χ4n) is 5.17. The molecule has 0 aliphatic heterocycles. The molecule has 0 amide bonds. The average Bonchev–Trinajstić information content (AvgIpc) is 4.28. The molecule has 77 heavy (non-hydrogen) atoms. The molecule has 416 valence electrons. The Balaban J connectivity index is 0.000000256. The molecule has 25 heteroatoms. The molecular formula is C52H58O20S5. The van der Waals surface area contributed by atoms with E-state index in [-0.39, 0.29) is 48.6 Å². The maximum Gasteiger partial charge on any atom is 0.297 e. The van der Waals surface area contributed by atoms with E-state index in [1.807, 2.05) is 6.92 Å². The zero-order chi connectivity index (χ0) is 57.3. The van der Waals surface area contributed by atoms with Crippen LogP contribution in [-0.4, -0.2) is 60.4 Å². The Hall–Kier alpha value is -6.91. The van der Waals surface area contributed by atoms with Crippen molar-refractivity contribution < 1.29 is 85.1 Å². The van der Waals surface area contributed by atoms with Crippen molar-refractivity contribution in [2.45, 2.75) is 56.7 Å². The molecule has 0 saturated heterocycles. The fraction of sp³-hybridized carbons (Fsp3) is 0.192. The van der Waals surface area contributed by atoms with Crippen molar-refractivity contribution in [2.75, 3.05) is 18.3 Å². The highest BCUT2D eigenvalue weighted by atomic mass is 32.2. The van der Waals surface area contributed by atoms with Crippen molar-refractivity contribution in [3.05, 3.63) is 211 Å². The largest absolute Gasteiger partial charge is 0.459 e. The van der Waals surface area contributed by atoms with Gasteiger partial charge in [0.1, 0.15) is 90.6 Å². The molecule has 0 aliphatic rings. The molecule has 0 radical (unpaired) electrons. The van der Waals surface area contributed by atoms with E-state index in [1.54, 1.807) is 91.0 Å². The highest BCUT2D eigenvalue weighted by Crippen LogP contribution is 2.19. The third-order valence-corrected chi connectivity index (χ3v) is 13.9. The van der Waals surface area contributed by atoms with Crippen LogP contribution in [0.25, 0.3) is 30.4 Å². The number of furan rings is 5. The lowest BCUT2D eigenvalue weighted by molar-refractivity contribution is 0.273. The zero-order valence-electron chi connectivity index (χ0n) is 42.3. The third-order valence-electron chi connectivity index (χ3n) is 9.04. The van der Waals surface area contributed by atoms with Gasteiger partial charge in [-0.05, 0) is 129 Å². The van der Waals surface area contributed by atoms with Crippen LogP contribution in [0.15, 0.2) is 180 Å². The number of rotatable bonds is 23. The van der Waals surface area contributed by atoms with Crippen LogP contribution >= 0.6 is 0 Å². The summed E-state index contributed by atoms with van der Waals surface area (Å²) < 4.78 is 161. The Kier molecular flexibility index (Phi) is 25.7. The normalized spacial score (nSPS) is 11.4. The van der Waals surface area contributed by atoms with Gasteiger partial charge in [-0.2, -0.15) is 42.1 Å². The molecule has 0 unspecified atom stereocenters. The van der Waals surface area contributed by atoms with Crippen molar-refractivity contribution in [3.8, 4) is 0 Å². The molecule has 7 aromatic rings. The standard InChI is InChI=1S/C14H14O4S.C13H12O4S.C9H12O4S.2C8H10O4S/c1-3-12-6-7-13(18-12)10-17-19(15,16)14-8-4-11(2)5-9-14;1-2-11-8-9-12(17-11)10-16-18(14,15)13-6-4-3-5-7-13;1-3-8-5-6-9(13-8)7-12-14(10,11)4-2;2*1-3-7-4-5-8(12-7)6-11-13(2,9)10/h3-9H,1,10H2,2H3;2-9H,1,10H2;3,5-6H,1,4,7H2,2H3;2*3-5H,1,6H2,2H3. The van der Waals surface area contributed by atoms with Crippen molar-refractivity contribution in [1.82, 2.24) is 0 Å². The van der Waals surface area contributed by atoms with Crippen LogP contribution in [0.1, 0.15) is 70.1 Å². The zero-order valence-corrected chi connectivity index (χ0v) is 46.4. The molecule has 7 rings (SSSR count). The first-order chi connectivity index (χ1) is 36.2. The van der Waals surface area contributed by atoms with Crippen molar-refractivity contribution in [2.24, 2.45) is 0 Å². The lowest BCUT2D eigenvalue weighted by atomic mass is 10.2. The molecule has 5 heterocycles. The molecule has 5 aromatic heterocycles. The Morgan fingerprint density at radius 2 is 0.649 bits per heavy atom. The summed E-state index contributed by atoms with van der Waals surface area (Å²) in [5, 5.41) is 0. The Labute approximate surface area is 449 Å². The second kappa shape index (κ2) is 30.7. The summed E-state index contributed by atoms with van der Waals surface area (Å²) in [6.45, 7) is 20.5. The van der Waals surface area contributed by atoms with E-state index >= 15 is 0 Å². The molecule has 0 atom stereocenters. The lowest BCUT2D eigenvalue weighted by Crippen LogP contribution is -2.07. The maximum absolute atomic E-state index is 11.9. The SMILES string of the molecule is C=Cc1ccc(COS(=O)(=O)CC)o1.C=Cc1ccc(COS(=O)(=O)c2ccc(C)cc2)o1.C=Cc1ccc(COS(=O)(=O)c2ccccc2)o1.C=Cc1ccc(COS(C)(=O)=O)o1.C=Cc1ccc(COS(C)(=O)=O)o1. The molecule has 0 spiro atoms. The second-order valence-electron chi connectivity index (χ2n) is 15.1. The van der Waals surface area contributed by atoms with Crippen molar-refractivity contribution >= 4 is 81.0 Å². The summed E-state index contributed by atoms with van der Waals surface area (Å²) in [4.78, 5) is 0.258. The molecule has 0 fully saturated rings. The fourth-order valence-corrected chi connectivity index (χ4v) is 8.07. The monoisotopic (exact) mass is 1160 g/mol. The number of benzene rings is 2. The predicted molar refractivity (Wildman–Crippen MR) is 289 cm³/mol. The number of hydrogen-bond donors (Lipinski definition) is 0. The minimum absolute atomic E-state index is 0.0397. The van der Waals surface area contributed by atoms with E-state index in [0.717, 1.165) is 18.1 Å². The summed E-state index contributed by atoms with van der Waals surface area (Å²) >= 11 is 0. The van der Waals surface area contributed by atoms with Crippen molar-refractivity contribution in [1.29, 1.82) is 0 Å². The summed E-state index contributed by atoms with van der Waals surface area (Å²) in [7, 11) is -17.7. The molecule has 0 bridgehead atoms. The van der Waals surface area contributed by atoms with Crippen LogP contribution in [0.5, 0.6) is 0 Å². The molecule has 0 N–H and O–H groups in total. The van der Waals surface area contributed by atoms with Gasteiger partial charge in [0.2, 0.25) is 0 Å². The Morgan fingerprint density at radius 3 is 0.909 bits per heavy atom. The minimum Gasteiger partial charge on any atom is -0.459 e. The molecule has 20 nitrogen and oxygen atoms in total. The highest BCUT2D eigenvalue weighted by Gasteiger charge is 2.17. The van der Waals surface area contributed by atoms with Crippen LogP contribution < -0.4 is 0 Å². The van der Waals surface area contributed by atoms with Crippen LogP contribution in [-0.2, 0) is 105 Å². The maximum atomic E-state index is 11.9. The summed E-state index contributed by atoms with van der Waals surface area (Å²) in [5.41, 5.74) is 0.987. The van der Waals surface area contributed by atoms with Gasteiger partial charge in [0, 0.05) is 0 Å². The van der Waals surface area contributed by atoms with Gasteiger partial charge in [-0.3, -0.25) is 20.9 Å². The summed E-state index contributed by atoms with van der Waals surface area (Å²) in [6.07, 6.45) is 9.66. The van der Waals surface area contributed by atoms with E-state index < -0.39 is 50.6 Å². The van der Waals surface area contributed by atoms with Crippen LogP contribution in [0.4, 0.5) is 0 Å². The lowest BCUT2D eigenvalue weighted by Gasteiger charge is -2.04. The first-order valence-corrected chi connectivity index (χ1v) is 30.3. The average molecular weight is 1160 g/mol. The third kappa shape index (κ3) is 25.2. The smallest absolute Gasteiger partial charge is 0.297 e. The van der Waals surface area contributed by atoms with Crippen LogP contribution in [0.2, 0.25) is 0 Å². The van der Waals surface area contributed by atoms with E-state index in [1.165, 1.54) is 61.6 Å². The molecule has 0 saturated carbocycles. The quantitative estimate of drug-likeness (QED) is 0.0538. The molecule has 2 aromatic carbocycles. The van der Waals surface area contributed by atoms with Gasteiger partial charge in [-0.25, -0.2) is 0 Å². The van der Waals surface area contributed by atoms with Gasteiger partial charge in [-0.1, -0.05) is 68.8 Å². The predicted octanol–water partition coefficient (Wildman–Crippen LogP) is 10.6. The van der Waals surface area contributed by atoms with E-state index in [0.29, 0.717) is 57.6 Å². The van der Waals surface area contributed by atoms with E-state index in [2.05, 4.69) is 45.4 Å². The van der Waals surface area contributed by atoms with Gasteiger partial charge in [0.15, 0.2) is 0 Å². The summed E-state index contributed by atoms with van der Waals surface area (Å²) in [6, 6.07) is 31.2. The second-order valence-corrected chi connectivity index (χ2v) is 23.6. The van der Waals surface area contributed by atoms with E-state index in [9.17, 15) is 42.1 Å². The van der Waals surface area contributed by atoms with Gasteiger partial charge in [0.05, 0.1) is 28.1 Å². The molecule has 0 aliphatic carbocycles. The highest BCUT2D eigenvalue weighted by molar-refractivity contribution is 7.87. The number of hydrogen-bond acceptors (Lipinski definition) is 20. The first kappa shape index (κ1) is 64.4. The van der Waals surface area contributed by atoms with Crippen LogP contribution in [0, 0.1) is 6.92 Å². The number of aryl methyl sites for hydroxylation is 1.